The Labute approximate surface area is 119 Å². The van der Waals surface area contributed by atoms with Gasteiger partial charge in [0.2, 0.25) is 0 Å². The number of carbonyl (C=O) groups excluding carboxylic acids is 1. The van der Waals surface area contributed by atoms with Crippen LogP contribution in [0, 0.1) is 11.3 Å². The molecular weight excluding hydrogens is 254 g/mol. The van der Waals surface area contributed by atoms with Gasteiger partial charge in [0.25, 0.3) is 0 Å². The maximum atomic E-state index is 12.0. The predicted octanol–water partition coefficient (Wildman–Crippen LogP) is 1.90. The molecule has 0 aromatic heterocycles. The molecule has 0 heterocycles. The van der Waals surface area contributed by atoms with Crippen LogP contribution in [0.1, 0.15) is 11.1 Å². The number of nitrogens with one attached hydrogen (secondary N) is 1. The first kappa shape index (κ1) is 15.7. The standard InChI is InChI=1S/C15H19N3O2/c1-3-8-18(15(19)17-7-9-20-2)12-14-6-4-5-13(10-14)11-16/h3-6,10H,1,7-9,12H2,2H3,(H,17,19). The van der Waals surface area contributed by atoms with Gasteiger partial charge in [0, 0.05) is 26.7 Å². The van der Waals surface area contributed by atoms with Crippen LogP contribution in [0.3, 0.4) is 0 Å². The van der Waals surface area contributed by atoms with Gasteiger partial charge in [-0.25, -0.2) is 4.79 Å². The molecule has 0 spiro atoms. The zero-order valence-corrected chi connectivity index (χ0v) is 11.6. The first-order valence-corrected chi connectivity index (χ1v) is 6.33. The minimum Gasteiger partial charge on any atom is -0.383 e. The summed E-state index contributed by atoms with van der Waals surface area (Å²) in [5.74, 6) is 0. The van der Waals surface area contributed by atoms with Crippen molar-refractivity contribution in [3.05, 3.63) is 48.0 Å². The van der Waals surface area contributed by atoms with Crippen LogP contribution in [0.15, 0.2) is 36.9 Å². The third kappa shape index (κ3) is 5.12. The smallest absolute Gasteiger partial charge is 0.318 e. The Morgan fingerprint density at radius 3 is 3.05 bits per heavy atom. The number of nitrogens with zero attached hydrogens (tertiary/aromatic N) is 2. The molecule has 0 aliphatic carbocycles. The van der Waals surface area contributed by atoms with Crippen molar-refractivity contribution in [3.63, 3.8) is 0 Å². The van der Waals surface area contributed by atoms with Gasteiger partial charge in [-0.05, 0) is 17.7 Å². The summed E-state index contributed by atoms with van der Waals surface area (Å²) in [6.45, 7) is 5.46. The third-order valence-electron chi connectivity index (χ3n) is 2.65. The van der Waals surface area contributed by atoms with Crippen molar-refractivity contribution in [1.29, 1.82) is 5.26 Å². The van der Waals surface area contributed by atoms with Gasteiger partial charge in [-0.15, -0.1) is 6.58 Å². The van der Waals surface area contributed by atoms with E-state index in [1.807, 2.05) is 12.1 Å². The summed E-state index contributed by atoms with van der Waals surface area (Å²) in [4.78, 5) is 13.6. The largest absolute Gasteiger partial charge is 0.383 e. The molecular formula is C15H19N3O2. The summed E-state index contributed by atoms with van der Waals surface area (Å²) in [6.07, 6.45) is 1.67. The second-order valence-corrected chi connectivity index (χ2v) is 4.21. The highest BCUT2D eigenvalue weighted by molar-refractivity contribution is 5.74. The first-order chi connectivity index (χ1) is 9.71. The Balaban J connectivity index is 2.68. The van der Waals surface area contributed by atoms with Gasteiger partial charge < -0.3 is 15.0 Å². The van der Waals surface area contributed by atoms with Crippen molar-refractivity contribution in [1.82, 2.24) is 10.2 Å². The molecule has 106 valence electrons. The molecule has 1 aromatic rings. The number of rotatable bonds is 7. The summed E-state index contributed by atoms with van der Waals surface area (Å²) in [6, 6.07) is 9.12. The summed E-state index contributed by atoms with van der Waals surface area (Å²) >= 11 is 0. The SMILES string of the molecule is C=CCN(Cc1cccc(C#N)c1)C(=O)NCCOC. The van der Waals surface area contributed by atoms with Crippen LogP contribution in [-0.2, 0) is 11.3 Å². The zero-order valence-electron chi connectivity index (χ0n) is 11.6. The van der Waals surface area contributed by atoms with Gasteiger partial charge in [0.1, 0.15) is 0 Å². The van der Waals surface area contributed by atoms with Crippen LogP contribution < -0.4 is 5.32 Å². The van der Waals surface area contributed by atoms with E-state index < -0.39 is 0 Å². The van der Waals surface area contributed by atoms with E-state index in [4.69, 9.17) is 10.00 Å². The predicted molar refractivity (Wildman–Crippen MR) is 77.0 cm³/mol. The molecule has 5 nitrogen and oxygen atoms in total. The monoisotopic (exact) mass is 273 g/mol. The van der Waals surface area contributed by atoms with Crippen molar-refractivity contribution in [3.8, 4) is 6.07 Å². The Kier molecular flexibility index (Phi) is 6.87. The molecule has 0 saturated carbocycles. The van der Waals surface area contributed by atoms with Crippen molar-refractivity contribution in [2.75, 3.05) is 26.8 Å². The van der Waals surface area contributed by atoms with Crippen molar-refractivity contribution >= 4 is 6.03 Å². The molecule has 0 aliphatic rings. The zero-order chi connectivity index (χ0) is 14.8. The number of amides is 2. The molecule has 5 heteroatoms. The number of carbonyl (C=O) groups is 1. The maximum Gasteiger partial charge on any atom is 0.318 e. The van der Waals surface area contributed by atoms with E-state index in [2.05, 4.69) is 18.0 Å². The molecule has 0 radical (unpaired) electrons. The number of hydrogen-bond acceptors (Lipinski definition) is 3. The highest BCUT2D eigenvalue weighted by atomic mass is 16.5. The van der Waals surface area contributed by atoms with E-state index in [9.17, 15) is 4.79 Å². The number of methoxy groups -OCH3 is 1. The molecule has 0 atom stereocenters. The van der Waals surface area contributed by atoms with E-state index in [0.717, 1.165) is 5.56 Å². The lowest BCUT2D eigenvalue weighted by molar-refractivity contribution is 0.181. The normalized spacial score (nSPS) is 9.60. The number of ether oxygens (including phenoxy) is 1. The highest BCUT2D eigenvalue weighted by Crippen LogP contribution is 2.08. The van der Waals surface area contributed by atoms with Gasteiger partial charge in [0.05, 0.1) is 18.2 Å². The molecule has 0 fully saturated rings. The van der Waals surface area contributed by atoms with E-state index in [1.165, 1.54) is 0 Å². The summed E-state index contributed by atoms with van der Waals surface area (Å²) in [5, 5.41) is 11.6. The van der Waals surface area contributed by atoms with Crippen LogP contribution >= 0.6 is 0 Å². The van der Waals surface area contributed by atoms with Gasteiger partial charge >= 0.3 is 6.03 Å². The van der Waals surface area contributed by atoms with Gasteiger partial charge in [0.15, 0.2) is 0 Å². The fourth-order valence-corrected chi connectivity index (χ4v) is 1.71. The van der Waals surface area contributed by atoms with E-state index >= 15 is 0 Å². The summed E-state index contributed by atoms with van der Waals surface area (Å²) in [7, 11) is 1.58. The molecule has 0 saturated heterocycles. The lowest BCUT2D eigenvalue weighted by Gasteiger charge is -2.21. The molecule has 0 aliphatic heterocycles. The third-order valence-corrected chi connectivity index (χ3v) is 2.65. The number of hydrogen-bond donors (Lipinski definition) is 1. The van der Waals surface area contributed by atoms with Gasteiger partial charge in [-0.1, -0.05) is 18.2 Å². The van der Waals surface area contributed by atoms with Crippen LogP contribution in [-0.4, -0.2) is 37.7 Å². The minimum atomic E-state index is -0.177. The lowest BCUT2D eigenvalue weighted by Crippen LogP contribution is -2.40. The fourth-order valence-electron chi connectivity index (χ4n) is 1.71. The van der Waals surface area contributed by atoms with Crippen LogP contribution in [0.4, 0.5) is 4.79 Å². The highest BCUT2D eigenvalue weighted by Gasteiger charge is 2.12. The summed E-state index contributed by atoms with van der Waals surface area (Å²) in [5.41, 5.74) is 1.49. The Morgan fingerprint density at radius 1 is 1.60 bits per heavy atom. The Bertz CT molecular complexity index is 494. The average Bonchev–Trinajstić information content (AvgIpc) is 2.47. The number of nitriles is 1. The van der Waals surface area contributed by atoms with Crippen LogP contribution in [0.25, 0.3) is 0 Å². The van der Waals surface area contributed by atoms with Crippen LogP contribution in [0.2, 0.25) is 0 Å². The molecule has 1 N–H and O–H groups in total. The molecule has 1 rings (SSSR count). The second kappa shape index (κ2) is 8.73. The van der Waals surface area contributed by atoms with E-state index in [-0.39, 0.29) is 6.03 Å². The van der Waals surface area contributed by atoms with Crippen LogP contribution in [0.5, 0.6) is 0 Å². The van der Waals surface area contributed by atoms with Gasteiger partial charge in [-0.2, -0.15) is 5.26 Å². The van der Waals surface area contributed by atoms with Crippen molar-refractivity contribution < 1.29 is 9.53 Å². The molecule has 0 bridgehead atoms. The van der Waals surface area contributed by atoms with Gasteiger partial charge in [-0.3, -0.25) is 0 Å². The molecule has 2 amide bonds. The molecule has 1 aromatic carbocycles. The summed E-state index contributed by atoms with van der Waals surface area (Å²) < 4.78 is 4.89. The number of benzene rings is 1. The maximum absolute atomic E-state index is 12.0. The minimum absolute atomic E-state index is 0.177. The topological polar surface area (TPSA) is 65.4 Å². The van der Waals surface area contributed by atoms with Crippen molar-refractivity contribution in [2.24, 2.45) is 0 Å². The quantitative estimate of drug-likeness (QED) is 0.609. The number of urea groups is 1. The average molecular weight is 273 g/mol. The Hall–Kier alpha value is -2.32. The second-order valence-electron chi connectivity index (χ2n) is 4.21. The molecule has 20 heavy (non-hydrogen) atoms. The van der Waals surface area contributed by atoms with E-state index in [0.29, 0.717) is 31.8 Å². The first-order valence-electron chi connectivity index (χ1n) is 6.33. The molecule has 0 unspecified atom stereocenters. The Morgan fingerprint density at radius 2 is 2.40 bits per heavy atom. The lowest BCUT2D eigenvalue weighted by atomic mass is 10.1. The van der Waals surface area contributed by atoms with Crippen molar-refractivity contribution in [2.45, 2.75) is 6.54 Å². The van der Waals surface area contributed by atoms with E-state index in [1.54, 1.807) is 30.2 Å². The fraction of sp³-hybridized carbons (Fsp3) is 0.333.